The van der Waals surface area contributed by atoms with E-state index in [4.69, 9.17) is 0 Å². The van der Waals surface area contributed by atoms with Crippen LogP contribution in [0.15, 0.2) is 40.6 Å². The topological polar surface area (TPSA) is 37.4 Å². The van der Waals surface area contributed by atoms with Gasteiger partial charge >= 0.3 is 0 Å². The third-order valence-corrected chi connectivity index (χ3v) is 6.98. The van der Waals surface area contributed by atoms with Crippen molar-refractivity contribution in [2.24, 2.45) is 0 Å². The molecule has 2 aromatic rings. The molecule has 1 unspecified atom stereocenters. The monoisotopic (exact) mass is 321 g/mol. The summed E-state index contributed by atoms with van der Waals surface area (Å²) >= 11 is 1.73. The zero-order valence-corrected chi connectivity index (χ0v) is 13.9. The van der Waals surface area contributed by atoms with E-state index >= 15 is 0 Å². The highest BCUT2D eigenvalue weighted by Crippen LogP contribution is 2.38. The second-order valence-corrected chi connectivity index (χ2v) is 8.29. The fourth-order valence-electron chi connectivity index (χ4n) is 2.93. The Labute approximate surface area is 130 Å². The van der Waals surface area contributed by atoms with Crippen molar-refractivity contribution in [2.45, 2.75) is 37.6 Å². The number of thiophene rings is 1. The van der Waals surface area contributed by atoms with Crippen LogP contribution in [0.1, 0.15) is 35.4 Å². The van der Waals surface area contributed by atoms with Gasteiger partial charge in [0.1, 0.15) is 0 Å². The van der Waals surface area contributed by atoms with Crippen LogP contribution in [0.25, 0.3) is 0 Å². The molecule has 0 saturated carbocycles. The lowest BCUT2D eigenvalue weighted by Crippen LogP contribution is -2.39. The van der Waals surface area contributed by atoms with E-state index < -0.39 is 10.0 Å². The fourth-order valence-corrected chi connectivity index (χ4v) is 5.54. The maximum atomic E-state index is 12.9. The van der Waals surface area contributed by atoms with Gasteiger partial charge in [-0.05, 0) is 48.9 Å². The summed E-state index contributed by atoms with van der Waals surface area (Å²) < 4.78 is 27.5. The molecule has 3 nitrogen and oxygen atoms in total. The third kappa shape index (κ3) is 2.54. The molecule has 3 rings (SSSR count). The summed E-state index contributed by atoms with van der Waals surface area (Å²) in [7, 11) is -3.42. The molecule has 21 heavy (non-hydrogen) atoms. The smallest absolute Gasteiger partial charge is 0.207 e. The molecular formula is C16H19NO2S2. The van der Waals surface area contributed by atoms with E-state index in [0.717, 1.165) is 18.4 Å². The van der Waals surface area contributed by atoms with Crippen molar-refractivity contribution >= 4 is 21.4 Å². The van der Waals surface area contributed by atoms with Crippen LogP contribution in [0.3, 0.4) is 0 Å². The molecule has 112 valence electrons. The number of hydrogen-bond acceptors (Lipinski definition) is 3. The normalized spacial score (nSPS) is 19.4. The van der Waals surface area contributed by atoms with Gasteiger partial charge in [0.15, 0.2) is 0 Å². The average Bonchev–Trinajstić information content (AvgIpc) is 2.95. The van der Waals surface area contributed by atoms with E-state index in [1.54, 1.807) is 27.8 Å². The highest BCUT2D eigenvalue weighted by Gasteiger charge is 2.35. The highest BCUT2D eigenvalue weighted by molar-refractivity contribution is 7.89. The van der Waals surface area contributed by atoms with Gasteiger partial charge in [-0.15, -0.1) is 11.3 Å². The second kappa shape index (κ2) is 5.55. The zero-order chi connectivity index (χ0) is 15.0. The van der Waals surface area contributed by atoms with Gasteiger partial charge < -0.3 is 0 Å². The van der Waals surface area contributed by atoms with Crippen LogP contribution < -0.4 is 0 Å². The molecule has 5 heteroatoms. The van der Waals surface area contributed by atoms with Gasteiger partial charge in [0, 0.05) is 11.4 Å². The maximum Gasteiger partial charge on any atom is 0.243 e. The number of fused-ring (bicyclic) bond motifs is 1. The lowest BCUT2D eigenvalue weighted by molar-refractivity contribution is 0.303. The van der Waals surface area contributed by atoms with E-state index in [0.29, 0.717) is 11.4 Å². The second-order valence-electron chi connectivity index (χ2n) is 5.40. The fraction of sp³-hybridized carbons (Fsp3) is 0.375. The molecule has 0 saturated heterocycles. The van der Waals surface area contributed by atoms with Crippen LogP contribution in [-0.4, -0.2) is 19.3 Å². The van der Waals surface area contributed by atoms with Gasteiger partial charge in [-0.2, -0.15) is 4.31 Å². The Morgan fingerprint density at radius 1 is 1.24 bits per heavy atom. The predicted octanol–water partition coefficient (Wildman–Crippen LogP) is 3.75. The Morgan fingerprint density at radius 2 is 1.95 bits per heavy atom. The van der Waals surface area contributed by atoms with Gasteiger partial charge in [-0.3, -0.25) is 0 Å². The standard InChI is InChI=1S/C16H19NO2S2/c1-3-15-14-9-11-20-16(14)8-10-17(15)21(18,19)13-6-4-12(2)5-7-13/h4-7,9,11,15H,3,8,10H2,1-2H3. The van der Waals surface area contributed by atoms with Gasteiger partial charge in [0.25, 0.3) is 0 Å². The number of sulfonamides is 1. The van der Waals surface area contributed by atoms with Crippen molar-refractivity contribution in [1.29, 1.82) is 0 Å². The molecular weight excluding hydrogens is 302 g/mol. The van der Waals surface area contributed by atoms with Crippen molar-refractivity contribution in [3.8, 4) is 0 Å². The summed E-state index contributed by atoms with van der Waals surface area (Å²) in [5, 5.41) is 2.06. The number of nitrogens with zero attached hydrogens (tertiary/aromatic N) is 1. The summed E-state index contributed by atoms with van der Waals surface area (Å²) in [4.78, 5) is 1.72. The zero-order valence-electron chi connectivity index (χ0n) is 12.2. The van der Waals surface area contributed by atoms with E-state index in [-0.39, 0.29) is 6.04 Å². The molecule has 1 atom stereocenters. The maximum absolute atomic E-state index is 12.9. The summed E-state index contributed by atoms with van der Waals surface area (Å²) in [5.41, 5.74) is 2.25. The molecule has 0 bridgehead atoms. The Kier molecular flexibility index (Phi) is 3.90. The van der Waals surface area contributed by atoms with Gasteiger partial charge in [-0.1, -0.05) is 24.6 Å². The Balaban J connectivity index is 2.01. The minimum atomic E-state index is -3.42. The van der Waals surface area contributed by atoms with Crippen molar-refractivity contribution in [2.75, 3.05) is 6.54 Å². The van der Waals surface area contributed by atoms with Crippen molar-refractivity contribution in [1.82, 2.24) is 4.31 Å². The van der Waals surface area contributed by atoms with Crippen molar-refractivity contribution in [3.05, 3.63) is 51.7 Å². The number of aryl methyl sites for hydroxylation is 1. The first-order chi connectivity index (χ1) is 10.0. The van der Waals surface area contributed by atoms with Crippen LogP contribution in [0.2, 0.25) is 0 Å². The number of hydrogen-bond donors (Lipinski definition) is 0. The molecule has 1 aliphatic heterocycles. The molecule has 0 N–H and O–H groups in total. The summed E-state index contributed by atoms with van der Waals surface area (Å²) in [5.74, 6) is 0. The quantitative estimate of drug-likeness (QED) is 0.863. The van der Waals surface area contributed by atoms with Gasteiger partial charge in [-0.25, -0.2) is 8.42 Å². The van der Waals surface area contributed by atoms with Crippen LogP contribution >= 0.6 is 11.3 Å². The predicted molar refractivity (Wildman–Crippen MR) is 86.1 cm³/mol. The molecule has 0 radical (unpaired) electrons. The van der Waals surface area contributed by atoms with Gasteiger partial charge in [0.05, 0.1) is 10.9 Å². The molecule has 0 aliphatic carbocycles. The summed E-state index contributed by atoms with van der Waals surface area (Å²) in [6, 6.07) is 9.17. The summed E-state index contributed by atoms with van der Waals surface area (Å²) in [6.07, 6.45) is 1.61. The molecule has 1 aromatic carbocycles. The molecule has 1 aromatic heterocycles. The first kappa shape index (κ1) is 14.8. The minimum Gasteiger partial charge on any atom is -0.207 e. The van der Waals surface area contributed by atoms with E-state index in [9.17, 15) is 8.42 Å². The van der Waals surface area contributed by atoms with Crippen LogP contribution in [0.5, 0.6) is 0 Å². The third-order valence-electron chi connectivity index (χ3n) is 4.06. The average molecular weight is 321 g/mol. The van der Waals surface area contributed by atoms with E-state index in [2.05, 4.69) is 18.4 Å². The molecule has 0 spiro atoms. The number of rotatable bonds is 3. The van der Waals surface area contributed by atoms with Crippen LogP contribution in [-0.2, 0) is 16.4 Å². The lowest BCUT2D eigenvalue weighted by Gasteiger charge is -2.34. The Morgan fingerprint density at radius 3 is 2.62 bits per heavy atom. The first-order valence-corrected chi connectivity index (χ1v) is 9.50. The van der Waals surface area contributed by atoms with E-state index in [1.807, 2.05) is 19.1 Å². The Bertz CT molecular complexity index is 732. The van der Waals surface area contributed by atoms with Crippen LogP contribution in [0.4, 0.5) is 0 Å². The minimum absolute atomic E-state index is 0.0358. The SMILES string of the molecule is CCC1c2ccsc2CCN1S(=O)(=O)c1ccc(C)cc1. The molecule has 0 amide bonds. The van der Waals surface area contributed by atoms with Crippen molar-refractivity contribution in [3.63, 3.8) is 0 Å². The molecule has 2 heterocycles. The largest absolute Gasteiger partial charge is 0.243 e. The lowest BCUT2D eigenvalue weighted by atomic mass is 10.0. The number of benzene rings is 1. The van der Waals surface area contributed by atoms with Crippen LogP contribution in [0, 0.1) is 6.92 Å². The Hall–Kier alpha value is -1.17. The summed E-state index contributed by atoms with van der Waals surface area (Å²) in [6.45, 7) is 4.58. The van der Waals surface area contributed by atoms with Gasteiger partial charge in [0.2, 0.25) is 10.0 Å². The van der Waals surface area contributed by atoms with Crippen molar-refractivity contribution < 1.29 is 8.42 Å². The molecule has 1 aliphatic rings. The highest BCUT2D eigenvalue weighted by atomic mass is 32.2. The first-order valence-electron chi connectivity index (χ1n) is 7.19. The van der Waals surface area contributed by atoms with E-state index in [1.165, 1.54) is 10.4 Å². The molecule has 0 fully saturated rings.